The maximum Gasteiger partial charge on any atom is 0.264 e. The lowest BCUT2D eigenvalue weighted by Gasteiger charge is -2.17. The Balaban J connectivity index is 1.58. The van der Waals surface area contributed by atoms with E-state index in [0.29, 0.717) is 42.9 Å². The van der Waals surface area contributed by atoms with E-state index in [0.717, 1.165) is 31.5 Å². The van der Waals surface area contributed by atoms with Gasteiger partial charge in [0, 0.05) is 20.0 Å². The van der Waals surface area contributed by atoms with Gasteiger partial charge in [-0.15, -0.1) is 11.3 Å². The lowest BCUT2D eigenvalue weighted by Crippen LogP contribution is -2.35. The zero-order valence-electron chi connectivity index (χ0n) is 17.7. The summed E-state index contributed by atoms with van der Waals surface area (Å²) in [6.07, 6.45) is 3.78. The summed E-state index contributed by atoms with van der Waals surface area (Å²) in [5.74, 6) is 0.00891. The molecule has 0 unspecified atom stereocenters. The molecule has 7 nitrogen and oxygen atoms in total. The third kappa shape index (κ3) is 4.27. The summed E-state index contributed by atoms with van der Waals surface area (Å²) in [6, 6.07) is 4.91. The molecule has 0 fully saturated rings. The number of thiophene rings is 1. The molecule has 4 rings (SSSR count). The van der Waals surface area contributed by atoms with Crippen LogP contribution in [0.4, 0.5) is 5.69 Å². The van der Waals surface area contributed by atoms with Crippen molar-refractivity contribution in [3.63, 3.8) is 0 Å². The van der Waals surface area contributed by atoms with Crippen LogP contribution in [0.3, 0.4) is 0 Å². The molecule has 1 N–H and O–H groups in total. The van der Waals surface area contributed by atoms with E-state index < -0.39 is 5.91 Å². The second kappa shape index (κ2) is 9.21. The summed E-state index contributed by atoms with van der Waals surface area (Å²) >= 11 is 13.4. The van der Waals surface area contributed by atoms with Crippen LogP contribution in [0.1, 0.15) is 40.3 Å². The van der Waals surface area contributed by atoms with Crippen LogP contribution in [-0.4, -0.2) is 39.9 Å². The van der Waals surface area contributed by atoms with Crippen molar-refractivity contribution in [3.8, 4) is 0 Å². The lowest BCUT2D eigenvalue weighted by molar-refractivity contribution is -0.116. The van der Waals surface area contributed by atoms with Gasteiger partial charge in [0.15, 0.2) is 0 Å². The van der Waals surface area contributed by atoms with Gasteiger partial charge in [-0.2, -0.15) is 0 Å². The second-order valence-electron chi connectivity index (χ2n) is 7.84. The molecule has 0 saturated heterocycles. The molecule has 3 heterocycles. The highest BCUT2D eigenvalue weighted by Crippen LogP contribution is 2.31. The number of aryl methyl sites for hydroxylation is 2. The normalized spacial score (nSPS) is 13.5. The van der Waals surface area contributed by atoms with Gasteiger partial charge in [-0.05, 0) is 37.5 Å². The van der Waals surface area contributed by atoms with Crippen LogP contribution in [0, 0.1) is 6.92 Å². The van der Waals surface area contributed by atoms with Crippen LogP contribution < -0.4 is 10.9 Å². The number of amides is 2. The highest BCUT2D eigenvalue weighted by Gasteiger charge is 2.25. The van der Waals surface area contributed by atoms with E-state index in [1.807, 2.05) is 0 Å². The zero-order valence-corrected chi connectivity index (χ0v) is 20.0. The van der Waals surface area contributed by atoms with Gasteiger partial charge in [-0.25, -0.2) is 4.98 Å². The van der Waals surface area contributed by atoms with Gasteiger partial charge < -0.3 is 10.2 Å². The standard InChI is InChI=1S/C22H22Cl2N4O3S/c1-12-17-20(25-15-9-4-3-5-10-28(15)21(17)30)32-19(12)22(31)27(2)11-16(29)26-18-13(23)7-6-8-14(18)24/h6-8H,3-5,9-11H2,1-2H3,(H,26,29). The van der Waals surface area contributed by atoms with E-state index in [1.165, 1.54) is 23.3 Å². The SMILES string of the molecule is Cc1c(C(=O)N(C)CC(=O)Nc2c(Cl)cccc2Cl)sc2nc3n(c(=O)c12)CCCCC3. The average Bonchev–Trinajstić information content (AvgIpc) is 2.91. The largest absolute Gasteiger partial charge is 0.332 e. The Bertz CT molecular complexity index is 1260. The maximum atomic E-state index is 13.1. The quantitative estimate of drug-likeness (QED) is 0.580. The molecule has 32 heavy (non-hydrogen) atoms. The summed E-state index contributed by atoms with van der Waals surface area (Å²) < 4.78 is 1.74. The van der Waals surface area contributed by atoms with E-state index in [-0.39, 0.29) is 18.0 Å². The van der Waals surface area contributed by atoms with Crippen LogP contribution in [0.5, 0.6) is 0 Å². The van der Waals surface area contributed by atoms with Crippen molar-refractivity contribution < 1.29 is 9.59 Å². The summed E-state index contributed by atoms with van der Waals surface area (Å²) in [4.78, 5) is 45.7. The number of para-hydroxylation sites is 1. The number of aromatic nitrogens is 2. The Hall–Kier alpha value is -2.42. The van der Waals surface area contributed by atoms with E-state index in [9.17, 15) is 14.4 Å². The number of carbonyl (C=O) groups excluding carboxylic acids is 2. The predicted octanol–water partition coefficient (Wildman–Crippen LogP) is 4.51. The van der Waals surface area contributed by atoms with Crippen molar-refractivity contribution >= 4 is 62.3 Å². The van der Waals surface area contributed by atoms with Crippen LogP contribution in [0.2, 0.25) is 10.0 Å². The van der Waals surface area contributed by atoms with Crippen molar-refractivity contribution in [1.82, 2.24) is 14.5 Å². The molecule has 0 saturated carbocycles. The summed E-state index contributed by atoms with van der Waals surface area (Å²) in [7, 11) is 1.54. The van der Waals surface area contributed by atoms with E-state index in [4.69, 9.17) is 28.2 Å². The highest BCUT2D eigenvalue weighted by atomic mass is 35.5. The fourth-order valence-corrected chi connectivity index (χ4v) is 5.55. The van der Waals surface area contributed by atoms with Gasteiger partial charge in [0.1, 0.15) is 10.7 Å². The number of carbonyl (C=O) groups is 2. The summed E-state index contributed by atoms with van der Waals surface area (Å²) in [5.41, 5.74) is 0.820. The zero-order chi connectivity index (χ0) is 23.0. The van der Waals surface area contributed by atoms with E-state index >= 15 is 0 Å². The number of likely N-dealkylation sites (N-methyl/N-ethyl adjacent to an activating group) is 1. The monoisotopic (exact) mass is 492 g/mol. The van der Waals surface area contributed by atoms with Gasteiger partial charge in [0.2, 0.25) is 5.91 Å². The lowest BCUT2D eigenvalue weighted by atomic mass is 10.2. The van der Waals surface area contributed by atoms with E-state index in [2.05, 4.69) is 5.32 Å². The molecule has 0 aliphatic carbocycles. The van der Waals surface area contributed by atoms with Gasteiger partial charge in [0.05, 0.1) is 32.5 Å². The number of rotatable bonds is 4. The topological polar surface area (TPSA) is 84.3 Å². The number of nitrogens with one attached hydrogen (secondary N) is 1. The first-order valence-electron chi connectivity index (χ1n) is 10.3. The van der Waals surface area contributed by atoms with E-state index in [1.54, 1.807) is 29.7 Å². The molecular formula is C22H22Cl2N4O3S. The Morgan fingerprint density at radius 1 is 1.22 bits per heavy atom. The number of nitrogens with zero attached hydrogens (tertiary/aromatic N) is 3. The smallest absolute Gasteiger partial charge is 0.264 e. The molecule has 1 aromatic carbocycles. The van der Waals surface area contributed by atoms with Gasteiger partial charge >= 0.3 is 0 Å². The first-order chi connectivity index (χ1) is 15.3. The fraction of sp³-hybridized carbons (Fsp3) is 0.364. The molecule has 0 radical (unpaired) electrons. The number of fused-ring (bicyclic) bond motifs is 2. The van der Waals surface area contributed by atoms with Crippen LogP contribution in [0.15, 0.2) is 23.0 Å². The van der Waals surface area contributed by atoms with Crippen molar-refractivity contribution in [2.24, 2.45) is 0 Å². The Labute approximate surface area is 199 Å². The first-order valence-corrected chi connectivity index (χ1v) is 11.9. The Kier molecular flexibility index (Phi) is 6.55. The van der Waals surface area contributed by atoms with Gasteiger partial charge in [-0.3, -0.25) is 19.0 Å². The minimum Gasteiger partial charge on any atom is -0.332 e. The molecule has 0 spiro atoms. The average molecular weight is 493 g/mol. The molecule has 1 aliphatic rings. The third-order valence-electron chi connectivity index (χ3n) is 5.56. The molecule has 2 aromatic heterocycles. The van der Waals surface area contributed by atoms with Gasteiger partial charge in [0.25, 0.3) is 11.5 Å². The highest BCUT2D eigenvalue weighted by molar-refractivity contribution is 7.20. The number of halogens is 2. The van der Waals surface area contributed by atoms with Crippen molar-refractivity contribution in [2.75, 3.05) is 18.9 Å². The van der Waals surface area contributed by atoms with Crippen LogP contribution in [0.25, 0.3) is 10.2 Å². The molecule has 10 heteroatoms. The maximum absolute atomic E-state index is 13.1. The first kappa shape index (κ1) is 22.8. The van der Waals surface area contributed by atoms with Crippen molar-refractivity contribution in [1.29, 1.82) is 0 Å². The predicted molar refractivity (Wildman–Crippen MR) is 128 cm³/mol. The molecule has 1 aliphatic heterocycles. The minimum atomic E-state index is -0.431. The number of benzene rings is 1. The number of hydrogen-bond donors (Lipinski definition) is 1. The minimum absolute atomic E-state index is 0.0894. The summed E-state index contributed by atoms with van der Waals surface area (Å²) in [5, 5.41) is 3.76. The van der Waals surface area contributed by atoms with Crippen LogP contribution in [-0.2, 0) is 17.8 Å². The Morgan fingerprint density at radius 3 is 2.66 bits per heavy atom. The van der Waals surface area contributed by atoms with Crippen LogP contribution >= 0.6 is 34.5 Å². The van der Waals surface area contributed by atoms with Crippen molar-refractivity contribution in [2.45, 2.75) is 39.2 Å². The molecule has 0 atom stereocenters. The molecule has 168 valence electrons. The molecule has 3 aromatic rings. The Morgan fingerprint density at radius 2 is 1.94 bits per heavy atom. The van der Waals surface area contributed by atoms with Crippen molar-refractivity contribution in [3.05, 3.63) is 54.9 Å². The fourth-order valence-electron chi connectivity index (χ4n) is 3.87. The molecular weight excluding hydrogens is 471 g/mol. The number of anilines is 1. The third-order valence-corrected chi connectivity index (χ3v) is 7.36. The molecule has 2 amide bonds. The summed E-state index contributed by atoms with van der Waals surface area (Å²) in [6.45, 7) is 2.22. The van der Waals surface area contributed by atoms with Gasteiger partial charge in [-0.1, -0.05) is 35.7 Å². The number of hydrogen-bond acceptors (Lipinski definition) is 5. The molecule has 0 bridgehead atoms. The second-order valence-corrected chi connectivity index (χ2v) is 9.65.